The van der Waals surface area contributed by atoms with Gasteiger partial charge >= 0.3 is 0 Å². The summed E-state index contributed by atoms with van der Waals surface area (Å²) in [6.45, 7) is 2.59. The van der Waals surface area contributed by atoms with Crippen molar-refractivity contribution in [2.75, 3.05) is 33.9 Å². The molecule has 15 heavy (non-hydrogen) atoms. The van der Waals surface area contributed by atoms with Crippen LogP contribution in [0, 0.1) is 5.92 Å². The first-order chi connectivity index (χ1) is 7.15. The Bertz CT molecular complexity index is 251. The zero-order chi connectivity index (χ0) is 10.9. The highest BCUT2D eigenvalue weighted by Gasteiger charge is 2.45. The molecule has 0 radical (unpaired) electrons. The number of hydrogen-bond acceptors (Lipinski definition) is 3. The Morgan fingerprint density at radius 2 is 2.33 bits per heavy atom. The van der Waals surface area contributed by atoms with E-state index >= 15 is 0 Å². The summed E-state index contributed by atoms with van der Waals surface area (Å²) in [6.07, 6.45) is 3.12. The fourth-order valence-corrected chi connectivity index (χ4v) is 2.25. The van der Waals surface area contributed by atoms with Crippen molar-refractivity contribution >= 4 is 5.91 Å². The molecule has 4 nitrogen and oxygen atoms in total. The summed E-state index contributed by atoms with van der Waals surface area (Å²) >= 11 is 0. The van der Waals surface area contributed by atoms with Crippen LogP contribution in [-0.4, -0.2) is 50.2 Å². The lowest BCUT2D eigenvalue weighted by Gasteiger charge is -2.19. The Morgan fingerprint density at radius 3 is 2.80 bits per heavy atom. The lowest BCUT2D eigenvalue weighted by Crippen LogP contribution is -2.43. The van der Waals surface area contributed by atoms with Gasteiger partial charge in [-0.3, -0.25) is 4.79 Å². The molecule has 0 bridgehead atoms. The Kier molecular flexibility index (Phi) is 2.98. The van der Waals surface area contributed by atoms with Crippen molar-refractivity contribution in [2.24, 2.45) is 5.92 Å². The number of carbonyl (C=O) groups is 1. The number of likely N-dealkylation sites (tertiary alicyclic amines) is 1. The smallest absolute Gasteiger partial charge is 0.224 e. The molecule has 1 saturated heterocycles. The molecule has 2 aliphatic rings. The highest BCUT2D eigenvalue weighted by molar-refractivity contribution is 5.80. The van der Waals surface area contributed by atoms with Crippen molar-refractivity contribution < 1.29 is 9.53 Å². The number of methoxy groups -OCH3 is 1. The highest BCUT2D eigenvalue weighted by atomic mass is 16.5. The molecule has 0 aromatic rings. The molecule has 0 spiro atoms. The molecule has 1 heterocycles. The summed E-state index contributed by atoms with van der Waals surface area (Å²) < 4.78 is 5.13. The quantitative estimate of drug-likeness (QED) is 0.725. The van der Waals surface area contributed by atoms with Crippen LogP contribution in [0.25, 0.3) is 0 Å². The van der Waals surface area contributed by atoms with E-state index in [4.69, 9.17) is 4.74 Å². The number of nitrogens with zero attached hydrogens (tertiary/aromatic N) is 1. The first-order valence-electron chi connectivity index (χ1n) is 5.65. The number of nitrogens with one attached hydrogen (secondary N) is 1. The normalized spacial score (nSPS) is 29.1. The van der Waals surface area contributed by atoms with Crippen molar-refractivity contribution in [3.8, 4) is 0 Å². The Balaban J connectivity index is 1.82. The second-order valence-corrected chi connectivity index (χ2v) is 4.95. The van der Waals surface area contributed by atoms with Crippen LogP contribution in [0.3, 0.4) is 0 Å². The van der Waals surface area contributed by atoms with Gasteiger partial charge in [0.15, 0.2) is 0 Å². The zero-order valence-corrected chi connectivity index (χ0v) is 9.58. The van der Waals surface area contributed by atoms with E-state index in [1.165, 1.54) is 0 Å². The number of rotatable bonds is 4. The van der Waals surface area contributed by atoms with Gasteiger partial charge in [0.2, 0.25) is 5.91 Å². The molecule has 2 rings (SSSR count). The summed E-state index contributed by atoms with van der Waals surface area (Å²) in [5.74, 6) is 0.401. The molecule has 1 atom stereocenters. The van der Waals surface area contributed by atoms with Crippen LogP contribution in [0.2, 0.25) is 0 Å². The fourth-order valence-electron chi connectivity index (χ4n) is 2.25. The third kappa shape index (κ3) is 2.49. The van der Waals surface area contributed by atoms with E-state index in [1.807, 2.05) is 0 Å². The molecule has 1 saturated carbocycles. The van der Waals surface area contributed by atoms with Gasteiger partial charge in [0, 0.05) is 13.7 Å². The lowest BCUT2D eigenvalue weighted by atomic mass is 10.1. The molecule has 1 aliphatic heterocycles. The van der Waals surface area contributed by atoms with Crippen molar-refractivity contribution in [2.45, 2.75) is 24.8 Å². The Morgan fingerprint density at radius 1 is 1.60 bits per heavy atom. The third-order valence-corrected chi connectivity index (χ3v) is 3.42. The lowest BCUT2D eigenvalue weighted by molar-refractivity contribution is -0.126. The molecule has 2 fully saturated rings. The second-order valence-electron chi connectivity index (χ2n) is 4.95. The monoisotopic (exact) mass is 212 g/mol. The third-order valence-electron chi connectivity index (χ3n) is 3.42. The molecule has 1 unspecified atom stereocenters. The molecule has 4 heteroatoms. The van der Waals surface area contributed by atoms with Crippen molar-refractivity contribution in [3.63, 3.8) is 0 Å². The number of hydrogen-bond donors (Lipinski definition) is 1. The van der Waals surface area contributed by atoms with E-state index in [0.29, 0.717) is 6.61 Å². The van der Waals surface area contributed by atoms with Gasteiger partial charge in [0.1, 0.15) is 0 Å². The van der Waals surface area contributed by atoms with E-state index in [2.05, 4.69) is 17.3 Å². The maximum absolute atomic E-state index is 11.9. The van der Waals surface area contributed by atoms with E-state index < -0.39 is 0 Å². The minimum atomic E-state index is -0.0208. The molecule has 1 amide bonds. The first kappa shape index (κ1) is 10.9. The number of amides is 1. The Hall–Kier alpha value is -0.610. The van der Waals surface area contributed by atoms with Gasteiger partial charge in [-0.05, 0) is 32.9 Å². The van der Waals surface area contributed by atoms with Gasteiger partial charge in [-0.1, -0.05) is 0 Å². The maximum Gasteiger partial charge on any atom is 0.224 e. The van der Waals surface area contributed by atoms with Gasteiger partial charge in [-0.2, -0.15) is 0 Å². The van der Waals surface area contributed by atoms with Crippen LogP contribution in [0.4, 0.5) is 0 Å². The maximum atomic E-state index is 11.9. The van der Waals surface area contributed by atoms with Gasteiger partial charge < -0.3 is 15.0 Å². The molecule has 86 valence electrons. The number of carbonyl (C=O) groups excluding carboxylic acids is 1. The fraction of sp³-hybridized carbons (Fsp3) is 0.909. The molecule has 1 aliphatic carbocycles. The summed E-state index contributed by atoms with van der Waals surface area (Å²) in [6, 6.07) is 0. The van der Waals surface area contributed by atoms with Crippen molar-refractivity contribution in [1.29, 1.82) is 0 Å². The minimum Gasteiger partial charge on any atom is -0.382 e. The van der Waals surface area contributed by atoms with Gasteiger partial charge in [-0.25, -0.2) is 0 Å². The van der Waals surface area contributed by atoms with E-state index in [0.717, 1.165) is 32.4 Å². The van der Waals surface area contributed by atoms with Crippen LogP contribution < -0.4 is 5.32 Å². The summed E-state index contributed by atoms with van der Waals surface area (Å²) in [5, 5.41) is 3.14. The van der Waals surface area contributed by atoms with Crippen molar-refractivity contribution in [1.82, 2.24) is 10.2 Å². The molecule has 0 aromatic heterocycles. The minimum absolute atomic E-state index is 0.0208. The van der Waals surface area contributed by atoms with Crippen LogP contribution in [0.1, 0.15) is 19.3 Å². The summed E-state index contributed by atoms with van der Waals surface area (Å²) in [4.78, 5) is 14.1. The molecular weight excluding hydrogens is 192 g/mol. The molecule has 0 aromatic carbocycles. The van der Waals surface area contributed by atoms with Crippen LogP contribution in [0.15, 0.2) is 0 Å². The van der Waals surface area contributed by atoms with Crippen molar-refractivity contribution in [3.05, 3.63) is 0 Å². The second kappa shape index (κ2) is 4.10. The highest BCUT2D eigenvalue weighted by Crippen LogP contribution is 2.36. The average Bonchev–Trinajstić information content (AvgIpc) is 2.77. The van der Waals surface area contributed by atoms with Gasteiger partial charge in [-0.15, -0.1) is 0 Å². The zero-order valence-electron chi connectivity index (χ0n) is 9.58. The van der Waals surface area contributed by atoms with E-state index in [1.54, 1.807) is 7.11 Å². The van der Waals surface area contributed by atoms with E-state index in [9.17, 15) is 4.79 Å². The van der Waals surface area contributed by atoms with E-state index in [-0.39, 0.29) is 17.4 Å². The van der Waals surface area contributed by atoms with Crippen LogP contribution in [-0.2, 0) is 9.53 Å². The molecule has 1 N–H and O–H groups in total. The Labute approximate surface area is 91.0 Å². The predicted octanol–water partition coefficient (Wildman–Crippen LogP) is 0.233. The SMILES string of the molecule is COCC1(NC(=O)C2CCN(C)C2)CC1. The molecular formula is C11H20N2O2. The largest absolute Gasteiger partial charge is 0.382 e. The summed E-state index contributed by atoms with van der Waals surface area (Å²) in [5.41, 5.74) is -0.0208. The number of ether oxygens (including phenoxy) is 1. The van der Waals surface area contributed by atoms with Crippen LogP contribution in [0.5, 0.6) is 0 Å². The standard InChI is InChI=1S/C11H20N2O2/c1-13-6-3-9(7-13)10(14)12-11(4-5-11)8-15-2/h9H,3-8H2,1-2H3,(H,12,14). The average molecular weight is 212 g/mol. The van der Waals surface area contributed by atoms with Gasteiger partial charge in [0.05, 0.1) is 18.1 Å². The first-order valence-corrected chi connectivity index (χ1v) is 5.65. The van der Waals surface area contributed by atoms with Gasteiger partial charge in [0.25, 0.3) is 0 Å². The van der Waals surface area contributed by atoms with Crippen LogP contribution >= 0.6 is 0 Å². The predicted molar refractivity (Wildman–Crippen MR) is 57.6 cm³/mol. The summed E-state index contributed by atoms with van der Waals surface area (Å²) in [7, 11) is 3.75. The topological polar surface area (TPSA) is 41.6 Å².